The summed E-state index contributed by atoms with van der Waals surface area (Å²) in [7, 11) is 0. The lowest BCUT2D eigenvalue weighted by molar-refractivity contribution is -0.125. The zero-order chi connectivity index (χ0) is 22.5. The lowest BCUT2D eigenvalue weighted by Gasteiger charge is -2.33. The van der Waals surface area contributed by atoms with E-state index in [1.165, 1.54) is 16.8 Å². The molecule has 0 radical (unpaired) electrons. The van der Waals surface area contributed by atoms with Crippen LogP contribution in [-0.2, 0) is 24.1 Å². The summed E-state index contributed by atoms with van der Waals surface area (Å²) in [5.41, 5.74) is 4.79. The quantitative estimate of drug-likeness (QED) is 0.562. The minimum Gasteiger partial charge on any atom is -0.356 e. The number of aromatic nitrogens is 3. The van der Waals surface area contributed by atoms with Gasteiger partial charge in [0, 0.05) is 54.8 Å². The molecular weight excluding hydrogens is 410 g/mol. The average molecular weight is 442 g/mol. The average Bonchev–Trinajstić information content (AvgIpc) is 3.36. The third-order valence-electron chi connectivity index (χ3n) is 6.77. The molecule has 1 saturated heterocycles. The second-order valence-corrected chi connectivity index (χ2v) is 9.03. The van der Waals surface area contributed by atoms with Gasteiger partial charge in [0.2, 0.25) is 5.91 Å². The highest BCUT2D eigenvalue weighted by molar-refractivity contribution is 5.79. The molecule has 0 spiro atoms. The topological polar surface area (TPSA) is 71.0 Å². The van der Waals surface area contributed by atoms with E-state index in [2.05, 4.69) is 33.4 Å². The van der Waals surface area contributed by atoms with E-state index in [4.69, 9.17) is 9.97 Å². The molecule has 1 N–H and O–H groups in total. The van der Waals surface area contributed by atoms with E-state index < -0.39 is 0 Å². The predicted molar refractivity (Wildman–Crippen MR) is 130 cm³/mol. The summed E-state index contributed by atoms with van der Waals surface area (Å²) in [6.07, 6.45) is 10.5. The zero-order valence-electron chi connectivity index (χ0n) is 19.0. The highest BCUT2D eigenvalue weighted by Crippen LogP contribution is 2.33. The Balaban J connectivity index is 1.18. The van der Waals surface area contributed by atoms with E-state index in [0.717, 1.165) is 75.2 Å². The second kappa shape index (κ2) is 10.1. The van der Waals surface area contributed by atoms with Crippen LogP contribution in [0.1, 0.15) is 42.5 Å². The third kappa shape index (κ3) is 5.05. The van der Waals surface area contributed by atoms with Crippen molar-refractivity contribution in [3.63, 3.8) is 0 Å². The molecule has 0 bridgehead atoms. The predicted octanol–water partition coefficient (Wildman–Crippen LogP) is 3.99. The van der Waals surface area contributed by atoms with Crippen molar-refractivity contribution in [1.29, 1.82) is 0 Å². The highest BCUT2D eigenvalue weighted by atomic mass is 16.1. The second-order valence-electron chi connectivity index (χ2n) is 9.03. The molecule has 2 aliphatic rings. The molecule has 1 aliphatic carbocycles. The van der Waals surface area contributed by atoms with Crippen molar-refractivity contribution in [1.82, 2.24) is 20.3 Å². The van der Waals surface area contributed by atoms with E-state index in [1.54, 1.807) is 6.20 Å². The van der Waals surface area contributed by atoms with Gasteiger partial charge in [-0.3, -0.25) is 9.78 Å². The number of benzene rings is 1. The number of pyridine rings is 1. The van der Waals surface area contributed by atoms with Crippen molar-refractivity contribution in [2.75, 3.05) is 24.5 Å². The summed E-state index contributed by atoms with van der Waals surface area (Å²) >= 11 is 0. The van der Waals surface area contributed by atoms with Gasteiger partial charge in [-0.15, -0.1) is 0 Å². The maximum absolute atomic E-state index is 12.7. The standard InChI is InChI=1S/C27H31N5O/c33-27(29-16-6-8-20-7-5-15-28-19-20)22-13-17-32(18-14-22)26-23-11-4-12-24(23)30-25(31-26)21-9-2-1-3-10-21/h1-3,5,7,9-10,15,19,22H,4,6,8,11-14,16-18H2,(H,29,33). The van der Waals surface area contributed by atoms with Gasteiger partial charge in [-0.2, -0.15) is 0 Å². The zero-order valence-corrected chi connectivity index (χ0v) is 19.0. The van der Waals surface area contributed by atoms with Gasteiger partial charge in [-0.05, 0) is 56.6 Å². The molecule has 3 aromatic rings. The van der Waals surface area contributed by atoms with Crippen molar-refractivity contribution in [2.45, 2.75) is 44.9 Å². The number of nitrogens with one attached hydrogen (secondary N) is 1. The fraction of sp³-hybridized carbons (Fsp3) is 0.407. The van der Waals surface area contributed by atoms with Crippen LogP contribution in [0, 0.1) is 5.92 Å². The first kappa shape index (κ1) is 21.6. The number of aryl methyl sites for hydroxylation is 2. The number of carbonyl (C=O) groups is 1. The molecule has 1 fully saturated rings. The first-order valence-corrected chi connectivity index (χ1v) is 12.1. The van der Waals surface area contributed by atoms with Crippen LogP contribution in [0.5, 0.6) is 0 Å². The molecule has 3 heterocycles. The Labute approximate surface area is 195 Å². The molecule has 6 nitrogen and oxygen atoms in total. The minimum atomic E-state index is 0.0862. The van der Waals surface area contributed by atoms with Gasteiger partial charge in [-0.25, -0.2) is 9.97 Å². The smallest absolute Gasteiger partial charge is 0.223 e. The van der Waals surface area contributed by atoms with E-state index in [9.17, 15) is 4.79 Å². The Morgan fingerprint density at radius 2 is 1.88 bits per heavy atom. The normalized spacial score (nSPS) is 15.9. The molecule has 1 aromatic carbocycles. The SMILES string of the molecule is O=C(NCCCc1cccnc1)C1CCN(c2nc(-c3ccccc3)nc3c2CCC3)CC1. The summed E-state index contributed by atoms with van der Waals surface area (Å²) in [5.74, 6) is 2.19. The van der Waals surface area contributed by atoms with Crippen molar-refractivity contribution >= 4 is 11.7 Å². The summed E-state index contributed by atoms with van der Waals surface area (Å²) in [6, 6.07) is 14.3. The number of amides is 1. The first-order chi connectivity index (χ1) is 16.3. The Kier molecular flexibility index (Phi) is 6.61. The number of nitrogens with zero attached hydrogens (tertiary/aromatic N) is 4. The van der Waals surface area contributed by atoms with Gasteiger partial charge in [0.25, 0.3) is 0 Å². The van der Waals surface area contributed by atoms with Gasteiger partial charge in [0.05, 0.1) is 0 Å². The Morgan fingerprint density at radius 1 is 1.03 bits per heavy atom. The number of carbonyl (C=O) groups excluding carboxylic acids is 1. The van der Waals surface area contributed by atoms with Crippen LogP contribution in [0.4, 0.5) is 5.82 Å². The molecule has 1 aliphatic heterocycles. The lowest BCUT2D eigenvalue weighted by Crippen LogP contribution is -2.41. The number of fused-ring (bicyclic) bond motifs is 1. The Hall–Kier alpha value is -3.28. The van der Waals surface area contributed by atoms with Crippen molar-refractivity contribution in [3.05, 3.63) is 71.7 Å². The van der Waals surface area contributed by atoms with Crippen LogP contribution >= 0.6 is 0 Å². The molecule has 33 heavy (non-hydrogen) atoms. The van der Waals surface area contributed by atoms with Crippen molar-refractivity contribution in [3.8, 4) is 11.4 Å². The van der Waals surface area contributed by atoms with E-state index in [0.29, 0.717) is 6.54 Å². The maximum atomic E-state index is 12.7. The van der Waals surface area contributed by atoms with Crippen LogP contribution in [0.2, 0.25) is 0 Å². The van der Waals surface area contributed by atoms with Crippen molar-refractivity contribution < 1.29 is 4.79 Å². The fourth-order valence-electron chi connectivity index (χ4n) is 4.94. The van der Waals surface area contributed by atoms with E-state index in [-0.39, 0.29) is 11.8 Å². The number of piperidine rings is 1. The monoisotopic (exact) mass is 441 g/mol. The molecule has 0 saturated carbocycles. The largest absolute Gasteiger partial charge is 0.356 e. The third-order valence-corrected chi connectivity index (χ3v) is 6.77. The van der Waals surface area contributed by atoms with Crippen LogP contribution in [0.25, 0.3) is 11.4 Å². The maximum Gasteiger partial charge on any atom is 0.223 e. The molecule has 0 atom stereocenters. The first-order valence-electron chi connectivity index (χ1n) is 12.1. The summed E-state index contributed by atoms with van der Waals surface area (Å²) in [5, 5.41) is 3.15. The van der Waals surface area contributed by atoms with Gasteiger partial charge in [-0.1, -0.05) is 36.4 Å². The van der Waals surface area contributed by atoms with E-state index in [1.807, 2.05) is 30.5 Å². The van der Waals surface area contributed by atoms with E-state index >= 15 is 0 Å². The fourth-order valence-corrected chi connectivity index (χ4v) is 4.94. The van der Waals surface area contributed by atoms with Gasteiger partial charge in [0.15, 0.2) is 5.82 Å². The molecular formula is C27H31N5O. The summed E-state index contributed by atoms with van der Waals surface area (Å²) < 4.78 is 0. The number of hydrogen-bond acceptors (Lipinski definition) is 5. The van der Waals surface area contributed by atoms with Crippen molar-refractivity contribution in [2.24, 2.45) is 5.92 Å². The van der Waals surface area contributed by atoms with Crippen LogP contribution < -0.4 is 10.2 Å². The molecule has 5 rings (SSSR count). The van der Waals surface area contributed by atoms with Gasteiger partial charge < -0.3 is 10.2 Å². The number of hydrogen-bond donors (Lipinski definition) is 1. The van der Waals surface area contributed by atoms with Crippen LogP contribution in [-0.4, -0.2) is 40.5 Å². The summed E-state index contributed by atoms with van der Waals surface area (Å²) in [4.78, 5) is 29.1. The van der Waals surface area contributed by atoms with Crippen LogP contribution in [0.15, 0.2) is 54.9 Å². The highest BCUT2D eigenvalue weighted by Gasteiger charge is 2.29. The Morgan fingerprint density at radius 3 is 2.67 bits per heavy atom. The molecule has 170 valence electrons. The number of anilines is 1. The molecule has 6 heteroatoms. The van der Waals surface area contributed by atoms with Crippen LogP contribution in [0.3, 0.4) is 0 Å². The van der Waals surface area contributed by atoms with Gasteiger partial charge in [0.1, 0.15) is 5.82 Å². The minimum absolute atomic E-state index is 0.0862. The lowest BCUT2D eigenvalue weighted by atomic mass is 9.95. The molecule has 2 aromatic heterocycles. The van der Waals surface area contributed by atoms with Gasteiger partial charge >= 0.3 is 0 Å². The number of rotatable bonds is 7. The molecule has 1 amide bonds. The summed E-state index contributed by atoms with van der Waals surface area (Å²) in [6.45, 7) is 2.45. The molecule has 0 unspecified atom stereocenters. The Bertz CT molecular complexity index is 1080.